The van der Waals surface area contributed by atoms with Gasteiger partial charge in [-0.25, -0.2) is 0 Å². The van der Waals surface area contributed by atoms with Crippen LogP contribution in [0.2, 0.25) is 0 Å². The van der Waals surface area contributed by atoms with Crippen LogP contribution in [0.3, 0.4) is 0 Å². The van der Waals surface area contributed by atoms with Crippen LogP contribution in [0.1, 0.15) is 38.5 Å². The largest absolute Gasteiger partial charge is 0.347 e. The average molecular weight is 220 g/mol. The van der Waals surface area contributed by atoms with Crippen molar-refractivity contribution < 1.29 is 11.5 Å². The molecule has 16 heavy (non-hydrogen) atoms. The van der Waals surface area contributed by atoms with E-state index in [9.17, 15) is 0 Å². The van der Waals surface area contributed by atoms with E-state index in [-0.39, 0.29) is 0 Å². The van der Waals surface area contributed by atoms with Crippen molar-refractivity contribution in [3.05, 3.63) is 0 Å². The summed E-state index contributed by atoms with van der Waals surface area (Å²) in [7, 11) is 0. The molecule has 8 atom stereocenters. The van der Waals surface area contributed by atoms with Crippen LogP contribution >= 0.6 is 0 Å². The van der Waals surface area contributed by atoms with Crippen molar-refractivity contribution in [2.45, 2.75) is 49.6 Å². The fourth-order valence-corrected chi connectivity index (χ4v) is 7.39. The molecule has 2 heteroatoms. The van der Waals surface area contributed by atoms with Gasteiger partial charge in [0.05, 0.1) is 0 Å². The Morgan fingerprint density at radius 1 is 0.688 bits per heavy atom. The number of quaternary nitrogens is 2. The van der Waals surface area contributed by atoms with Gasteiger partial charge in [-0.05, 0) is 49.4 Å². The highest BCUT2D eigenvalue weighted by Crippen LogP contribution is 2.71. The Kier molecular flexibility index (Phi) is 1.25. The molecule has 0 aromatic rings. The minimum Gasteiger partial charge on any atom is -0.347 e. The van der Waals surface area contributed by atoms with Crippen molar-refractivity contribution in [2.24, 2.45) is 35.5 Å². The van der Waals surface area contributed by atoms with Gasteiger partial charge < -0.3 is 11.5 Å². The molecule has 8 bridgehead atoms. The highest BCUT2D eigenvalue weighted by molar-refractivity contribution is 5.25. The Labute approximate surface area is 97.1 Å². The quantitative estimate of drug-likeness (QED) is 0.580. The smallest absolute Gasteiger partial charge is 0.153 e. The molecule has 7 saturated carbocycles. The van der Waals surface area contributed by atoms with Crippen LogP contribution < -0.4 is 11.5 Å². The van der Waals surface area contributed by atoms with Gasteiger partial charge in [0.15, 0.2) is 11.1 Å². The number of rotatable bonds is 0. The topological polar surface area (TPSA) is 55.3 Å². The van der Waals surface area contributed by atoms with E-state index in [4.69, 9.17) is 11.5 Å². The number of hydrogen-bond acceptors (Lipinski definition) is 0. The van der Waals surface area contributed by atoms with Gasteiger partial charge in [-0.1, -0.05) is 0 Å². The summed E-state index contributed by atoms with van der Waals surface area (Å²) in [5.74, 6) is 6.14. The Morgan fingerprint density at radius 2 is 1.12 bits per heavy atom. The summed E-state index contributed by atoms with van der Waals surface area (Å²) < 4.78 is 0. The van der Waals surface area contributed by atoms with Crippen molar-refractivity contribution in [1.82, 2.24) is 0 Å². The van der Waals surface area contributed by atoms with Gasteiger partial charge in [-0.15, -0.1) is 0 Å². The minimum absolute atomic E-state index is 0.400. The third kappa shape index (κ3) is 0.669. The van der Waals surface area contributed by atoms with Crippen LogP contribution in [0, 0.1) is 35.5 Å². The van der Waals surface area contributed by atoms with Crippen LogP contribution in [0.5, 0.6) is 0 Å². The van der Waals surface area contributed by atoms with Crippen LogP contribution in [0.4, 0.5) is 0 Å². The molecule has 0 heterocycles. The lowest BCUT2D eigenvalue weighted by molar-refractivity contribution is -0.669. The molecule has 2 nitrogen and oxygen atoms in total. The summed E-state index contributed by atoms with van der Waals surface area (Å²) in [6.45, 7) is 0. The van der Waals surface area contributed by atoms with Gasteiger partial charge in [0.2, 0.25) is 0 Å². The highest BCUT2D eigenvalue weighted by atomic mass is 15.0. The standard InChI is InChI=1S/C14H22N2/c15-13-5-7-1-9-10-2-8(4-11(9)13)6-14(13,16)12(10)3-7/h7-12H,1-6,15-16H2/p+2. The van der Waals surface area contributed by atoms with Gasteiger partial charge in [0.25, 0.3) is 0 Å². The Hall–Kier alpha value is -0.0800. The van der Waals surface area contributed by atoms with Crippen LogP contribution in [0.25, 0.3) is 0 Å². The molecule has 7 fully saturated rings. The fraction of sp³-hybridized carbons (Fsp3) is 1.00. The van der Waals surface area contributed by atoms with Gasteiger partial charge in [0.1, 0.15) is 0 Å². The van der Waals surface area contributed by atoms with Crippen molar-refractivity contribution in [2.75, 3.05) is 0 Å². The van der Waals surface area contributed by atoms with Gasteiger partial charge >= 0.3 is 0 Å². The zero-order valence-electron chi connectivity index (χ0n) is 10.1. The lowest BCUT2D eigenvalue weighted by Crippen LogP contribution is -3.05. The van der Waals surface area contributed by atoms with Crippen LogP contribution in [-0.4, -0.2) is 11.1 Å². The first-order chi connectivity index (χ1) is 7.62. The van der Waals surface area contributed by atoms with E-state index in [2.05, 4.69) is 0 Å². The average Bonchev–Trinajstić information content (AvgIpc) is 2.25. The monoisotopic (exact) mass is 220 g/mol. The van der Waals surface area contributed by atoms with Gasteiger partial charge in [0, 0.05) is 24.7 Å². The van der Waals surface area contributed by atoms with Gasteiger partial charge in [-0.2, -0.15) is 0 Å². The van der Waals surface area contributed by atoms with E-state index in [1.165, 1.54) is 25.7 Å². The molecule has 0 aromatic heterocycles. The SMILES string of the molecule is [NH3+]C12CC3CC4C5CC(CC41)CC2([NH3+])C5C3. The second kappa shape index (κ2) is 2.24. The maximum atomic E-state index is 4.78. The second-order valence-electron chi connectivity index (χ2n) is 7.94. The first kappa shape index (κ1) is 8.93. The molecule has 0 aliphatic heterocycles. The summed E-state index contributed by atoms with van der Waals surface area (Å²) in [6.07, 6.45) is 9.00. The summed E-state index contributed by atoms with van der Waals surface area (Å²) >= 11 is 0. The summed E-state index contributed by atoms with van der Waals surface area (Å²) in [6, 6.07) is 0. The molecule has 6 N–H and O–H groups in total. The van der Waals surface area contributed by atoms with E-state index < -0.39 is 0 Å². The summed E-state index contributed by atoms with van der Waals surface area (Å²) in [5, 5.41) is 0. The molecule has 0 aromatic carbocycles. The molecule has 0 amide bonds. The molecule has 0 spiro atoms. The van der Waals surface area contributed by atoms with E-state index in [1.54, 1.807) is 12.8 Å². The zero-order valence-corrected chi connectivity index (χ0v) is 10.1. The Balaban J connectivity index is 1.77. The zero-order chi connectivity index (χ0) is 10.7. The molecule has 0 radical (unpaired) electrons. The minimum atomic E-state index is 0.400. The highest BCUT2D eigenvalue weighted by Gasteiger charge is 2.79. The molecular formula is C14H24N2+2. The molecule has 7 aliphatic rings. The summed E-state index contributed by atoms with van der Waals surface area (Å²) in [5.41, 5.74) is 10.4. The third-order valence-corrected chi connectivity index (χ3v) is 7.69. The third-order valence-electron chi connectivity index (χ3n) is 7.69. The molecular weight excluding hydrogens is 196 g/mol. The van der Waals surface area contributed by atoms with Crippen molar-refractivity contribution >= 4 is 0 Å². The second-order valence-corrected chi connectivity index (χ2v) is 7.94. The van der Waals surface area contributed by atoms with E-state index >= 15 is 0 Å². The molecule has 0 saturated heterocycles. The maximum absolute atomic E-state index is 4.78. The molecule has 7 rings (SSSR count). The Morgan fingerprint density at radius 3 is 1.56 bits per heavy atom. The first-order valence-electron chi connectivity index (χ1n) is 7.32. The van der Waals surface area contributed by atoms with E-state index in [1.807, 2.05) is 0 Å². The molecule has 88 valence electrons. The molecule has 8 unspecified atom stereocenters. The van der Waals surface area contributed by atoms with Crippen molar-refractivity contribution in [3.63, 3.8) is 0 Å². The first-order valence-corrected chi connectivity index (χ1v) is 7.32. The lowest BCUT2D eigenvalue weighted by Gasteiger charge is -2.73. The van der Waals surface area contributed by atoms with Crippen LogP contribution in [-0.2, 0) is 0 Å². The molecule has 7 aliphatic carbocycles. The Bertz CT molecular complexity index is 345. The van der Waals surface area contributed by atoms with Gasteiger partial charge in [-0.3, -0.25) is 0 Å². The fourth-order valence-electron chi connectivity index (χ4n) is 7.39. The normalized spacial score (nSPS) is 73.9. The number of hydrogen-bond donors (Lipinski definition) is 2. The predicted molar refractivity (Wildman–Crippen MR) is 59.9 cm³/mol. The van der Waals surface area contributed by atoms with Crippen molar-refractivity contribution in [1.29, 1.82) is 0 Å². The van der Waals surface area contributed by atoms with E-state index in [0.717, 1.165) is 35.5 Å². The summed E-state index contributed by atoms with van der Waals surface area (Å²) in [4.78, 5) is 0. The van der Waals surface area contributed by atoms with Crippen LogP contribution in [0.15, 0.2) is 0 Å². The lowest BCUT2D eigenvalue weighted by atomic mass is 9.31. The predicted octanol–water partition coefficient (Wildman–Crippen LogP) is 0.0536. The maximum Gasteiger partial charge on any atom is 0.153 e. The van der Waals surface area contributed by atoms with Crippen molar-refractivity contribution in [3.8, 4) is 0 Å². The van der Waals surface area contributed by atoms with E-state index in [0.29, 0.717) is 11.1 Å².